The third kappa shape index (κ3) is 8.88. The summed E-state index contributed by atoms with van der Waals surface area (Å²) in [7, 11) is 0. The first-order valence-electron chi connectivity index (χ1n) is 8.36. The maximum atomic E-state index is 11.8. The Labute approximate surface area is 148 Å². The van der Waals surface area contributed by atoms with Crippen LogP contribution in [-0.2, 0) is 19.1 Å². The molecule has 0 aromatic heterocycles. The summed E-state index contributed by atoms with van der Waals surface area (Å²) in [5.74, 6) is -2.73. The predicted octanol–water partition coefficient (Wildman–Crippen LogP) is 3.45. The molecule has 0 aliphatic carbocycles. The minimum Gasteiger partial charge on any atom is -0.481 e. The van der Waals surface area contributed by atoms with Crippen molar-refractivity contribution in [2.75, 3.05) is 6.61 Å². The Bertz CT molecular complexity index is 573. The number of hydrogen-bond donors (Lipinski definition) is 1. The first kappa shape index (κ1) is 20.7. The fourth-order valence-electron chi connectivity index (χ4n) is 2.21. The summed E-state index contributed by atoms with van der Waals surface area (Å²) in [6, 6.07) is 8.66. The molecule has 25 heavy (non-hydrogen) atoms. The number of carboxylic acid groups (broad SMARTS) is 1. The van der Waals surface area contributed by atoms with Crippen LogP contribution in [0.2, 0.25) is 0 Å². The molecule has 1 N–H and O–H groups in total. The van der Waals surface area contributed by atoms with Crippen LogP contribution < -0.4 is 0 Å². The second-order valence-corrected chi connectivity index (χ2v) is 6.82. The van der Waals surface area contributed by atoms with Crippen LogP contribution in [0.15, 0.2) is 30.3 Å². The number of unbranched alkanes of at least 4 members (excludes halogenated alkanes) is 1. The Morgan fingerprint density at radius 2 is 1.72 bits per heavy atom. The van der Waals surface area contributed by atoms with Gasteiger partial charge in [0.05, 0.1) is 24.5 Å². The first-order chi connectivity index (χ1) is 11.7. The van der Waals surface area contributed by atoms with Gasteiger partial charge in [0, 0.05) is 0 Å². The average molecular weight is 350 g/mol. The fourth-order valence-corrected chi connectivity index (χ4v) is 2.21. The topological polar surface area (TPSA) is 89.9 Å². The van der Waals surface area contributed by atoms with Gasteiger partial charge in [-0.1, -0.05) is 18.2 Å². The normalized spacial score (nSPS) is 12.3. The average Bonchev–Trinajstić information content (AvgIpc) is 2.52. The standard InChI is InChI=1S/C19H26O6/c1-19(2,3)25-16(20)13-15(17(21)22)11-7-8-12-24-18(23)14-9-5-4-6-10-14/h4-6,9-10,15H,7-8,11-13H2,1-3H3,(H,21,22). The number of benzene rings is 1. The highest BCUT2D eigenvalue weighted by atomic mass is 16.6. The minimum absolute atomic E-state index is 0.156. The van der Waals surface area contributed by atoms with Crippen molar-refractivity contribution in [2.24, 2.45) is 5.92 Å². The highest BCUT2D eigenvalue weighted by Gasteiger charge is 2.24. The van der Waals surface area contributed by atoms with Crippen molar-refractivity contribution in [2.45, 2.75) is 52.1 Å². The molecule has 6 heteroatoms. The van der Waals surface area contributed by atoms with E-state index in [4.69, 9.17) is 9.47 Å². The molecule has 0 spiro atoms. The Balaban J connectivity index is 2.30. The van der Waals surface area contributed by atoms with Crippen LogP contribution in [-0.4, -0.2) is 35.2 Å². The molecule has 0 heterocycles. The van der Waals surface area contributed by atoms with E-state index in [1.807, 2.05) is 6.07 Å². The molecule has 1 rings (SSSR count). The van der Waals surface area contributed by atoms with Gasteiger partial charge in [0.15, 0.2) is 0 Å². The number of carbonyl (C=O) groups is 3. The second-order valence-electron chi connectivity index (χ2n) is 6.82. The molecular formula is C19H26O6. The van der Waals surface area contributed by atoms with E-state index in [9.17, 15) is 19.5 Å². The van der Waals surface area contributed by atoms with Gasteiger partial charge in [-0.3, -0.25) is 9.59 Å². The highest BCUT2D eigenvalue weighted by Crippen LogP contribution is 2.17. The SMILES string of the molecule is CC(C)(C)OC(=O)CC(CCCCOC(=O)c1ccccc1)C(=O)O. The number of aliphatic carboxylic acids is 1. The summed E-state index contributed by atoms with van der Waals surface area (Å²) in [5.41, 5.74) is -0.151. The zero-order valence-electron chi connectivity index (χ0n) is 15.0. The summed E-state index contributed by atoms with van der Waals surface area (Å²) in [4.78, 5) is 34.8. The van der Waals surface area contributed by atoms with Gasteiger partial charge >= 0.3 is 17.9 Å². The summed E-state index contributed by atoms with van der Waals surface area (Å²) in [6.07, 6.45) is 1.26. The molecule has 0 aliphatic rings. The van der Waals surface area contributed by atoms with Crippen molar-refractivity contribution < 1.29 is 29.0 Å². The van der Waals surface area contributed by atoms with Gasteiger partial charge < -0.3 is 14.6 Å². The van der Waals surface area contributed by atoms with Crippen LogP contribution in [0.5, 0.6) is 0 Å². The summed E-state index contributed by atoms with van der Waals surface area (Å²) in [5, 5.41) is 9.22. The van der Waals surface area contributed by atoms with E-state index >= 15 is 0 Å². The molecule has 138 valence electrons. The van der Waals surface area contributed by atoms with Crippen molar-refractivity contribution in [3.8, 4) is 0 Å². The Morgan fingerprint density at radius 1 is 1.08 bits per heavy atom. The van der Waals surface area contributed by atoms with Crippen LogP contribution in [0, 0.1) is 5.92 Å². The molecule has 6 nitrogen and oxygen atoms in total. The maximum Gasteiger partial charge on any atom is 0.338 e. The van der Waals surface area contributed by atoms with E-state index < -0.39 is 29.4 Å². The number of rotatable bonds is 9. The third-order valence-electron chi connectivity index (χ3n) is 3.37. The van der Waals surface area contributed by atoms with Gasteiger partial charge in [-0.25, -0.2) is 4.79 Å². The van der Waals surface area contributed by atoms with E-state index in [1.54, 1.807) is 45.0 Å². The van der Waals surface area contributed by atoms with Crippen LogP contribution in [0.25, 0.3) is 0 Å². The Morgan fingerprint density at radius 3 is 2.28 bits per heavy atom. The number of hydrogen-bond acceptors (Lipinski definition) is 5. The van der Waals surface area contributed by atoms with Crippen LogP contribution in [0.1, 0.15) is 56.8 Å². The molecule has 0 aliphatic heterocycles. The van der Waals surface area contributed by atoms with E-state index in [1.165, 1.54) is 0 Å². The summed E-state index contributed by atoms with van der Waals surface area (Å²) < 4.78 is 10.3. The molecule has 0 amide bonds. The van der Waals surface area contributed by atoms with Crippen LogP contribution in [0.3, 0.4) is 0 Å². The first-order valence-corrected chi connectivity index (χ1v) is 8.36. The minimum atomic E-state index is -1.02. The van der Waals surface area contributed by atoms with Crippen LogP contribution >= 0.6 is 0 Å². The Hall–Kier alpha value is -2.37. The Kier molecular flexibility index (Phi) is 8.11. The molecule has 0 saturated heterocycles. The zero-order valence-corrected chi connectivity index (χ0v) is 15.0. The molecule has 0 bridgehead atoms. The van der Waals surface area contributed by atoms with Crippen molar-refractivity contribution in [1.29, 1.82) is 0 Å². The van der Waals surface area contributed by atoms with Crippen molar-refractivity contribution >= 4 is 17.9 Å². The smallest absolute Gasteiger partial charge is 0.338 e. The van der Waals surface area contributed by atoms with E-state index in [0.29, 0.717) is 24.8 Å². The molecule has 1 atom stereocenters. The monoisotopic (exact) mass is 350 g/mol. The van der Waals surface area contributed by atoms with Crippen molar-refractivity contribution in [3.63, 3.8) is 0 Å². The summed E-state index contributed by atoms with van der Waals surface area (Å²) in [6.45, 7) is 5.43. The number of carbonyl (C=O) groups excluding carboxylic acids is 2. The predicted molar refractivity (Wildman–Crippen MR) is 92.2 cm³/mol. The third-order valence-corrected chi connectivity index (χ3v) is 3.37. The number of esters is 2. The molecular weight excluding hydrogens is 324 g/mol. The lowest BCUT2D eigenvalue weighted by molar-refractivity contribution is -0.160. The van der Waals surface area contributed by atoms with Crippen LogP contribution in [0.4, 0.5) is 0 Å². The van der Waals surface area contributed by atoms with Gasteiger partial charge in [0.25, 0.3) is 0 Å². The molecule has 1 aromatic rings. The van der Waals surface area contributed by atoms with E-state index in [2.05, 4.69) is 0 Å². The summed E-state index contributed by atoms with van der Waals surface area (Å²) >= 11 is 0. The molecule has 1 aromatic carbocycles. The largest absolute Gasteiger partial charge is 0.481 e. The molecule has 0 fully saturated rings. The van der Waals surface area contributed by atoms with Gasteiger partial charge in [0.2, 0.25) is 0 Å². The van der Waals surface area contributed by atoms with Crippen molar-refractivity contribution in [3.05, 3.63) is 35.9 Å². The van der Waals surface area contributed by atoms with Gasteiger partial charge in [-0.15, -0.1) is 0 Å². The molecule has 1 unspecified atom stereocenters. The quantitative estimate of drug-likeness (QED) is 0.542. The lowest BCUT2D eigenvalue weighted by Crippen LogP contribution is -2.27. The molecule has 0 saturated carbocycles. The molecule has 0 radical (unpaired) electrons. The van der Waals surface area contributed by atoms with Gasteiger partial charge in [-0.05, 0) is 52.2 Å². The highest BCUT2D eigenvalue weighted by molar-refractivity contribution is 5.89. The van der Waals surface area contributed by atoms with E-state index in [0.717, 1.165) is 0 Å². The number of carboxylic acids is 1. The number of ether oxygens (including phenoxy) is 2. The lowest BCUT2D eigenvalue weighted by Gasteiger charge is -2.21. The lowest BCUT2D eigenvalue weighted by atomic mass is 9.98. The van der Waals surface area contributed by atoms with Gasteiger partial charge in [-0.2, -0.15) is 0 Å². The van der Waals surface area contributed by atoms with Gasteiger partial charge in [0.1, 0.15) is 5.60 Å². The fraction of sp³-hybridized carbons (Fsp3) is 0.526. The second kappa shape index (κ2) is 9.81. The van der Waals surface area contributed by atoms with E-state index in [-0.39, 0.29) is 13.0 Å². The zero-order chi connectivity index (χ0) is 18.9. The maximum absolute atomic E-state index is 11.8. The van der Waals surface area contributed by atoms with Crippen molar-refractivity contribution in [1.82, 2.24) is 0 Å².